The fraction of sp³-hybridized carbons (Fsp3) is 0.700. The van der Waals surface area contributed by atoms with Gasteiger partial charge in [-0.2, -0.15) is 0 Å². The fourth-order valence-electron chi connectivity index (χ4n) is 2.09. The number of nitrogens with zero attached hydrogens (tertiary/aromatic N) is 2. The van der Waals surface area contributed by atoms with Gasteiger partial charge in [-0.05, 0) is 20.4 Å². The topological polar surface area (TPSA) is 29.3 Å². The van der Waals surface area contributed by atoms with Gasteiger partial charge < -0.3 is 4.52 Å². The number of likely N-dealkylation sites (tertiary alicyclic amines) is 1. The predicted molar refractivity (Wildman–Crippen MR) is 50.7 cm³/mol. The highest BCUT2D eigenvalue weighted by atomic mass is 19.1. The second kappa shape index (κ2) is 3.69. The van der Waals surface area contributed by atoms with Crippen LogP contribution in [0.2, 0.25) is 0 Å². The molecular formula is C10H15FN2O. The monoisotopic (exact) mass is 198 g/mol. The van der Waals surface area contributed by atoms with E-state index in [0.717, 1.165) is 24.4 Å². The van der Waals surface area contributed by atoms with E-state index in [4.69, 9.17) is 4.52 Å². The van der Waals surface area contributed by atoms with E-state index >= 15 is 0 Å². The summed E-state index contributed by atoms with van der Waals surface area (Å²) in [7, 11) is 2.00. The summed E-state index contributed by atoms with van der Waals surface area (Å²) < 4.78 is 17.7. The number of alkyl halides is 1. The third-order valence-electron chi connectivity index (χ3n) is 2.83. The van der Waals surface area contributed by atoms with Gasteiger partial charge >= 0.3 is 0 Å². The SMILES string of the molecule is Cc1cc([C@@H]2C[C@H](CF)CN2C)on1. The molecule has 4 heteroatoms. The Morgan fingerprint density at radius 3 is 3.00 bits per heavy atom. The number of rotatable bonds is 2. The molecule has 0 aromatic carbocycles. The molecule has 14 heavy (non-hydrogen) atoms. The summed E-state index contributed by atoms with van der Waals surface area (Å²) in [5, 5.41) is 3.85. The fourth-order valence-corrected chi connectivity index (χ4v) is 2.09. The van der Waals surface area contributed by atoms with Crippen LogP contribution in [0.1, 0.15) is 23.9 Å². The standard InChI is InChI=1S/C10H15FN2O/c1-7-3-10(14-12-7)9-4-8(5-11)6-13(9)2/h3,8-9H,4-6H2,1-2H3/t8-,9+/m1/s1. The van der Waals surface area contributed by atoms with Gasteiger partial charge in [-0.15, -0.1) is 0 Å². The number of aromatic nitrogens is 1. The van der Waals surface area contributed by atoms with Crippen LogP contribution in [0.5, 0.6) is 0 Å². The molecule has 1 aromatic heterocycles. The van der Waals surface area contributed by atoms with E-state index in [-0.39, 0.29) is 18.6 Å². The summed E-state index contributed by atoms with van der Waals surface area (Å²) in [6.45, 7) is 2.46. The molecule has 0 spiro atoms. The molecule has 78 valence electrons. The molecule has 0 saturated carbocycles. The van der Waals surface area contributed by atoms with E-state index in [1.54, 1.807) is 0 Å². The van der Waals surface area contributed by atoms with Crippen molar-refractivity contribution >= 4 is 0 Å². The maximum atomic E-state index is 12.5. The van der Waals surface area contributed by atoms with E-state index in [9.17, 15) is 4.39 Å². The Labute approximate surface area is 82.9 Å². The molecule has 1 aliphatic heterocycles. The predicted octanol–water partition coefficient (Wildman–Crippen LogP) is 1.95. The van der Waals surface area contributed by atoms with E-state index in [1.165, 1.54) is 0 Å². The summed E-state index contributed by atoms with van der Waals surface area (Å²) in [4.78, 5) is 2.13. The van der Waals surface area contributed by atoms with Crippen molar-refractivity contribution in [3.8, 4) is 0 Å². The van der Waals surface area contributed by atoms with Crippen LogP contribution in [0.4, 0.5) is 4.39 Å². The molecule has 1 aliphatic rings. The van der Waals surface area contributed by atoms with Crippen molar-refractivity contribution in [1.82, 2.24) is 10.1 Å². The van der Waals surface area contributed by atoms with Crippen LogP contribution in [-0.2, 0) is 0 Å². The van der Waals surface area contributed by atoms with Crippen LogP contribution in [0.25, 0.3) is 0 Å². The van der Waals surface area contributed by atoms with Crippen molar-refractivity contribution in [2.45, 2.75) is 19.4 Å². The maximum Gasteiger partial charge on any atom is 0.154 e. The Kier molecular flexibility index (Phi) is 2.54. The zero-order valence-electron chi connectivity index (χ0n) is 8.53. The van der Waals surface area contributed by atoms with E-state index < -0.39 is 0 Å². The third-order valence-corrected chi connectivity index (χ3v) is 2.83. The highest BCUT2D eigenvalue weighted by molar-refractivity contribution is 5.09. The van der Waals surface area contributed by atoms with E-state index in [2.05, 4.69) is 10.1 Å². The first kappa shape index (κ1) is 9.65. The molecule has 2 atom stereocenters. The second-order valence-corrected chi connectivity index (χ2v) is 4.08. The number of hydrogen-bond donors (Lipinski definition) is 0. The van der Waals surface area contributed by atoms with Crippen LogP contribution < -0.4 is 0 Å². The first-order chi connectivity index (χ1) is 6.70. The van der Waals surface area contributed by atoms with Gasteiger partial charge in [0, 0.05) is 18.5 Å². The smallest absolute Gasteiger partial charge is 0.154 e. The van der Waals surface area contributed by atoms with Gasteiger partial charge in [0.2, 0.25) is 0 Å². The Morgan fingerprint density at radius 1 is 1.71 bits per heavy atom. The lowest BCUT2D eigenvalue weighted by molar-refractivity contribution is 0.250. The molecule has 0 radical (unpaired) electrons. The molecule has 3 nitrogen and oxygen atoms in total. The molecule has 0 amide bonds. The summed E-state index contributed by atoms with van der Waals surface area (Å²) in [5.41, 5.74) is 0.886. The molecular weight excluding hydrogens is 183 g/mol. The summed E-state index contributed by atoms with van der Waals surface area (Å²) in [6, 6.07) is 2.14. The summed E-state index contributed by atoms with van der Waals surface area (Å²) in [5.74, 6) is 1.01. The Hall–Kier alpha value is -0.900. The van der Waals surface area contributed by atoms with Crippen LogP contribution in [0.3, 0.4) is 0 Å². The van der Waals surface area contributed by atoms with E-state index in [0.29, 0.717) is 0 Å². The molecule has 0 aliphatic carbocycles. The number of hydrogen-bond acceptors (Lipinski definition) is 3. The summed E-state index contributed by atoms with van der Waals surface area (Å²) >= 11 is 0. The third kappa shape index (κ3) is 1.66. The van der Waals surface area contributed by atoms with E-state index in [1.807, 2.05) is 20.0 Å². The van der Waals surface area contributed by atoms with Crippen molar-refractivity contribution < 1.29 is 8.91 Å². The van der Waals surface area contributed by atoms with Crippen molar-refractivity contribution in [2.24, 2.45) is 5.92 Å². The van der Waals surface area contributed by atoms with Crippen molar-refractivity contribution in [2.75, 3.05) is 20.3 Å². The highest BCUT2D eigenvalue weighted by Crippen LogP contribution is 2.34. The zero-order chi connectivity index (χ0) is 10.1. The Morgan fingerprint density at radius 2 is 2.50 bits per heavy atom. The zero-order valence-corrected chi connectivity index (χ0v) is 8.53. The van der Waals surface area contributed by atoms with Gasteiger partial charge in [0.25, 0.3) is 0 Å². The van der Waals surface area contributed by atoms with Gasteiger partial charge in [-0.1, -0.05) is 5.16 Å². The van der Waals surface area contributed by atoms with Crippen molar-refractivity contribution in [3.63, 3.8) is 0 Å². The normalized spacial score (nSPS) is 28.5. The van der Waals surface area contributed by atoms with Crippen LogP contribution in [-0.4, -0.2) is 30.3 Å². The van der Waals surface area contributed by atoms with Gasteiger partial charge in [0.05, 0.1) is 18.4 Å². The van der Waals surface area contributed by atoms with Crippen LogP contribution >= 0.6 is 0 Å². The lowest BCUT2D eigenvalue weighted by Crippen LogP contribution is -2.18. The lowest BCUT2D eigenvalue weighted by Gasteiger charge is -2.15. The van der Waals surface area contributed by atoms with Gasteiger partial charge in [0.1, 0.15) is 0 Å². The Balaban J connectivity index is 2.12. The van der Waals surface area contributed by atoms with Gasteiger partial charge in [-0.3, -0.25) is 9.29 Å². The molecule has 0 unspecified atom stereocenters. The lowest BCUT2D eigenvalue weighted by atomic mass is 10.1. The average Bonchev–Trinajstić information content (AvgIpc) is 2.71. The molecule has 1 fully saturated rings. The minimum atomic E-state index is -0.242. The average molecular weight is 198 g/mol. The summed E-state index contributed by atoms with van der Waals surface area (Å²) in [6.07, 6.45) is 0.835. The maximum absolute atomic E-state index is 12.5. The Bertz CT molecular complexity index is 313. The number of halogens is 1. The molecule has 0 bridgehead atoms. The second-order valence-electron chi connectivity index (χ2n) is 4.08. The first-order valence-corrected chi connectivity index (χ1v) is 4.90. The van der Waals surface area contributed by atoms with Crippen molar-refractivity contribution in [1.29, 1.82) is 0 Å². The van der Waals surface area contributed by atoms with Crippen molar-refractivity contribution in [3.05, 3.63) is 17.5 Å². The van der Waals surface area contributed by atoms with Gasteiger partial charge in [0.15, 0.2) is 5.76 Å². The molecule has 2 heterocycles. The van der Waals surface area contributed by atoms with Crippen LogP contribution in [0.15, 0.2) is 10.6 Å². The quantitative estimate of drug-likeness (QED) is 0.727. The molecule has 0 N–H and O–H groups in total. The number of aryl methyl sites for hydroxylation is 1. The van der Waals surface area contributed by atoms with Crippen LogP contribution in [0, 0.1) is 12.8 Å². The minimum absolute atomic E-state index is 0.149. The first-order valence-electron chi connectivity index (χ1n) is 4.90. The molecule has 1 aromatic rings. The largest absolute Gasteiger partial charge is 0.359 e. The molecule has 1 saturated heterocycles. The molecule has 2 rings (SSSR count). The van der Waals surface area contributed by atoms with Gasteiger partial charge in [-0.25, -0.2) is 0 Å². The highest BCUT2D eigenvalue weighted by Gasteiger charge is 2.32. The minimum Gasteiger partial charge on any atom is -0.359 e.